The summed E-state index contributed by atoms with van der Waals surface area (Å²) in [5.41, 5.74) is 5.11. The van der Waals surface area contributed by atoms with Crippen LogP contribution in [-0.2, 0) is 9.53 Å². The lowest BCUT2D eigenvalue weighted by Gasteiger charge is -2.30. The molecule has 1 aliphatic heterocycles. The molecular formula is C23H30N2O3. The van der Waals surface area contributed by atoms with Crippen molar-refractivity contribution in [2.45, 2.75) is 46.5 Å². The van der Waals surface area contributed by atoms with Crippen molar-refractivity contribution in [3.8, 4) is 5.69 Å². The second-order valence-corrected chi connectivity index (χ2v) is 7.96. The molecule has 150 valence electrons. The molecule has 2 aromatic rings. The van der Waals surface area contributed by atoms with Crippen molar-refractivity contribution in [2.24, 2.45) is 5.92 Å². The molecule has 1 aromatic heterocycles. The first-order valence-electron chi connectivity index (χ1n) is 9.99. The van der Waals surface area contributed by atoms with Gasteiger partial charge in [-0.1, -0.05) is 26.0 Å². The number of amides is 1. The van der Waals surface area contributed by atoms with Crippen LogP contribution in [0, 0.1) is 19.8 Å². The number of aromatic nitrogens is 1. The SMILES string of the molecule is COC(=O)C1CCN(C(=O)c2cc(C)n(-c3ccc(C(C)C)cc3)c2C)CC1. The largest absolute Gasteiger partial charge is 0.469 e. The fraction of sp³-hybridized carbons (Fsp3) is 0.478. The first-order valence-corrected chi connectivity index (χ1v) is 9.99. The van der Waals surface area contributed by atoms with Crippen LogP contribution in [-0.4, -0.2) is 41.5 Å². The van der Waals surface area contributed by atoms with Crippen molar-refractivity contribution in [3.05, 3.63) is 52.8 Å². The molecule has 0 saturated carbocycles. The third kappa shape index (κ3) is 3.84. The van der Waals surface area contributed by atoms with E-state index < -0.39 is 0 Å². The summed E-state index contributed by atoms with van der Waals surface area (Å²) in [6, 6.07) is 10.5. The smallest absolute Gasteiger partial charge is 0.308 e. The number of carbonyl (C=O) groups is 2. The lowest BCUT2D eigenvalue weighted by molar-refractivity contribution is -0.146. The summed E-state index contributed by atoms with van der Waals surface area (Å²) >= 11 is 0. The average molecular weight is 383 g/mol. The minimum absolute atomic E-state index is 0.0430. The molecule has 0 atom stereocenters. The quantitative estimate of drug-likeness (QED) is 0.743. The molecule has 2 heterocycles. The van der Waals surface area contributed by atoms with E-state index in [0.717, 1.165) is 22.6 Å². The monoisotopic (exact) mass is 382 g/mol. The molecule has 1 aromatic carbocycles. The predicted octanol–water partition coefficient (Wildman–Crippen LogP) is 4.24. The predicted molar refractivity (Wildman–Crippen MR) is 110 cm³/mol. The van der Waals surface area contributed by atoms with Crippen LogP contribution < -0.4 is 0 Å². The second-order valence-electron chi connectivity index (χ2n) is 7.96. The van der Waals surface area contributed by atoms with Gasteiger partial charge in [0.1, 0.15) is 0 Å². The summed E-state index contributed by atoms with van der Waals surface area (Å²) in [6.07, 6.45) is 1.32. The Kier molecular flexibility index (Phi) is 5.92. The molecule has 0 radical (unpaired) electrons. The minimum atomic E-state index is -0.171. The van der Waals surface area contributed by atoms with Crippen molar-refractivity contribution in [1.29, 1.82) is 0 Å². The van der Waals surface area contributed by atoms with E-state index in [1.807, 2.05) is 24.8 Å². The molecule has 1 amide bonds. The van der Waals surface area contributed by atoms with Crippen molar-refractivity contribution in [3.63, 3.8) is 0 Å². The summed E-state index contributed by atoms with van der Waals surface area (Å²) in [7, 11) is 1.42. The highest BCUT2D eigenvalue weighted by molar-refractivity contribution is 5.96. The van der Waals surface area contributed by atoms with Crippen molar-refractivity contribution in [2.75, 3.05) is 20.2 Å². The number of ether oxygens (including phenoxy) is 1. The van der Waals surface area contributed by atoms with Crippen molar-refractivity contribution in [1.82, 2.24) is 9.47 Å². The van der Waals surface area contributed by atoms with Crippen LogP contribution in [0.3, 0.4) is 0 Å². The Morgan fingerprint density at radius 3 is 2.21 bits per heavy atom. The van der Waals surface area contributed by atoms with E-state index in [1.54, 1.807) is 0 Å². The van der Waals surface area contributed by atoms with E-state index in [4.69, 9.17) is 4.74 Å². The van der Waals surface area contributed by atoms with E-state index in [2.05, 4.69) is 42.7 Å². The lowest BCUT2D eigenvalue weighted by Crippen LogP contribution is -2.40. The summed E-state index contributed by atoms with van der Waals surface area (Å²) in [5.74, 6) is 0.267. The molecule has 3 rings (SSSR count). The molecule has 1 saturated heterocycles. The van der Waals surface area contributed by atoms with Crippen LogP contribution >= 0.6 is 0 Å². The number of methoxy groups -OCH3 is 1. The Bertz CT molecular complexity index is 857. The zero-order valence-corrected chi connectivity index (χ0v) is 17.5. The lowest BCUT2D eigenvalue weighted by atomic mass is 9.96. The zero-order chi connectivity index (χ0) is 20.4. The number of rotatable bonds is 4. The number of piperidine rings is 1. The standard InChI is InChI=1S/C23H30N2O3/c1-15(2)18-6-8-20(9-7-18)25-16(3)14-21(17(25)4)22(26)24-12-10-19(11-13-24)23(27)28-5/h6-9,14-15,19H,10-13H2,1-5H3. The van der Waals surface area contributed by atoms with Crippen molar-refractivity contribution < 1.29 is 14.3 Å². The van der Waals surface area contributed by atoms with Gasteiger partial charge in [0.15, 0.2) is 0 Å². The summed E-state index contributed by atoms with van der Waals surface area (Å²) in [6.45, 7) is 9.57. The highest BCUT2D eigenvalue weighted by atomic mass is 16.5. The molecule has 0 spiro atoms. The van der Waals surface area contributed by atoms with Gasteiger partial charge in [0.2, 0.25) is 0 Å². The number of aryl methyl sites for hydroxylation is 1. The number of nitrogens with zero attached hydrogens (tertiary/aromatic N) is 2. The maximum absolute atomic E-state index is 13.1. The molecule has 28 heavy (non-hydrogen) atoms. The topological polar surface area (TPSA) is 51.5 Å². The minimum Gasteiger partial charge on any atom is -0.469 e. The maximum Gasteiger partial charge on any atom is 0.308 e. The fourth-order valence-corrected chi connectivity index (χ4v) is 4.04. The van der Waals surface area contributed by atoms with E-state index in [9.17, 15) is 9.59 Å². The summed E-state index contributed by atoms with van der Waals surface area (Å²) < 4.78 is 6.97. The average Bonchev–Trinajstić information content (AvgIpc) is 3.01. The molecule has 5 nitrogen and oxygen atoms in total. The highest BCUT2D eigenvalue weighted by Gasteiger charge is 2.29. The second kappa shape index (κ2) is 8.21. The number of esters is 1. The highest BCUT2D eigenvalue weighted by Crippen LogP contribution is 2.26. The molecular weight excluding hydrogens is 352 g/mol. The summed E-state index contributed by atoms with van der Waals surface area (Å²) in [5, 5.41) is 0. The molecule has 0 unspecified atom stereocenters. The van der Waals surface area contributed by atoms with E-state index >= 15 is 0 Å². The van der Waals surface area contributed by atoms with Crippen LogP contribution in [0.2, 0.25) is 0 Å². The molecule has 0 bridgehead atoms. The first-order chi connectivity index (χ1) is 13.3. The van der Waals surface area contributed by atoms with Gasteiger partial charge < -0.3 is 14.2 Å². The van der Waals surface area contributed by atoms with E-state index in [-0.39, 0.29) is 17.8 Å². The van der Waals surface area contributed by atoms with Gasteiger partial charge in [-0.05, 0) is 56.4 Å². The van der Waals surface area contributed by atoms with Crippen LogP contribution in [0.15, 0.2) is 30.3 Å². The Balaban J connectivity index is 1.80. The zero-order valence-electron chi connectivity index (χ0n) is 17.5. The number of hydrogen-bond donors (Lipinski definition) is 0. The van der Waals surface area contributed by atoms with Gasteiger partial charge in [0.25, 0.3) is 5.91 Å². The van der Waals surface area contributed by atoms with Gasteiger partial charge >= 0.3 is 5.97 Å². The third-order valence-corrected chi connectivity index (χ3v) is 5.80. The van der Waals surface area contributed by atoms with Crippen LogP contribution in [0.25, 0.3) is 5.69 Å². The van der Waals surface area contributed by atoms with Crippen LogP contribution in [0.4, 0.5) is 0 Å². The fourth-order valence-electron chi connectivity index (χ4n) is 4.04. The number of likely N-dealkylation sites (tertiary alicyclic amines) is 1. The Labute approximate surface area is 167 Å². The number of hydrogen-bond acceptors (Lipinski definition) is 3. The third-order valence-electron chi connectivity index (χ3n) is 5.80. The molecule has 1 fully saturated rings. The van der Waals surface area contributed by atoms with Gasteiger partial charge in [-0.25, -0.2) is 0 Å². The number of benzene rings is 1. The van der Waals surface area contributed by atoms with Gasteiger partial charge in [-0.2, -0.15) is 0 Å². The van der Waals surface area contributed by atoms with E-state index in [1.165, 1.54) is 12.7 Å². The van der Waals surface area contributed by atoms with Gasteiger partial charge in [0, 0.05) is 30.2 Å². The van der Waals surface area contributed by atoms with Gasteiger partial charge in [-0.3, -0.25) is 9.59 Å². The van der Waals surface area contributed by atoms with Gasteiger partial charge in [-0.15, -0.1) is 0 Å². The normalized spacial score (nSPS) is 15.1. The van der Waals surface area contributed by atoms with Gasteiger partial charge in [0.05, 0.1) is 18.6 Å². The Morgan fingerprint density at radius 2 is 1.68 bits per heavy atom. The molecule has 0 aliphatic carbocycles. The van der Waals surface area contributed by atoms with Crippen LogP contribution in [0.5, 0.6) is 0 Å². The van der Waals surface area contributed by atoms with Crippen molar-refractivity contribution >= 4 is 11.9 Å². The maximum atomic E-state index is 13.1. The number of carbonyl (C=O) groups excluding carboxylic acids is 2. The molecule has 0 N–H and O–H groups in total. The van der Waals surface area contributed by atoms with Crippen LogP contribution in [0.1, 0.15) is 59.9 Å². The Hall–Kier alpha value is -2.56. The molecule has 1 aliphatic rings. The first kappa shape index (κ1) is 20.2. The summed E-state index contributed by atoms with van der Waals surface area (Å²) in [4.78, 5) is 26.7. The van der Waals surface area contributed by atoms with E-state index in [0.29, 0.717) is 31.8 Å². The molecule has 5 heteroatoms. The Morgan fingerprint density at radius 1 is 1.07 bits per heavy atom.